The van der Waals surface area contributed by atoms with E-state index in [1.54, 1.807) is 11.0 Å². The van der Waals surface area contributed by atoms with Crippen LogP contribution in [0.4, 0.5) is 0 Å². The molecule has 4 atom stereocenters. The van der Waals surface area contributed by atoms with Crippen molar-refractivity contribution in [1.29, 1.82) is 0 Å². The molecular formula is C20H17NO4. The number of benzene rings is 2. The van der Waals surface area contributed by atoms with Crippen LogP contribution in [0.3, 0.4) is 0 Å². The molecule has 0 saturated carbocycles. The van der Waals surface area contributed by atoms with Gasteiger partial charge in [-0.1, -0.05) is 54.6 Å². The van der Waals surface area contributed by atoms with E-state index in [-0.39, 0.29) is 5.91 Å². The van der Waals surface area contributed by atoms with Crippen LogP contribution in [0.2, 0.25) is 0 Å². The SMILES string of the molecule is O=C(O)[C@H]1[C@@H]2C=C[C@]3(CN(Cc4cccc5ccccc45)C(=O)[C@@H]13)O2. The maximum Gasteiger partial charge on any atom is 0.310 e. The molecule has 3 aliphatic heterocycles. The van der Waals surface area contributed by atoms with Crippen molar-refractivity contribution in [2.75, 3.05) is 6.54 Å². The first-order chi connectivity index (χ1) is 12.1. The maximum absolute atomic E-state index is 13.0. The number of ether oxygens (including phenoxy) is 1. The summed E-state index contributed by atoms with van der Waals surface area (Å²) in [5.41, 5.74) is 0.295. The first-order valence-electron chi connectivity index (χ1n) is 8.44. The summed E-state index contributed by atoms with van der Waals surface area (Å²) < 4.78 is 5.93. The first kappa shape index (κ1) is 14.7. The van der Waals surface area contributed by atoms with Crippen LogP contribution in [-0.4, -0.2) is 40.1 Å². The Balaban J connectivity index is 1.50. The number of aliphatic carboxylic acids is 1. The summed E-state index contributed by atoms with van der Waals surface area (Å²) in [6, 6.07) is 14.1. The van der Waals surface area contributed by atoms with Gasteiger partial charge in [-0.25, -0.2) is 0 Å². The average molecular weight is 335 g/mol. The van der Waals surface area contributed by atoms with Gasteiger partial charge in [-0.15, -0.1) is 0 Å². The molecule has 0 aliphatic carbocycles. The third-order valence-corrected chi connectivity index (χ3v) is 5.71. The molecule has 0 unspecified atom stereocenters. The molecule has 1 spiro atoms. The highest BCUT2D eigenvalue weighted by molar-refractivity contribution is 5.91. The minimum atomic E-state index is -0.957. The smallest absolute Gasteiger partial charge is 0.310 e. The molecule has 1 amide bonds. The Kier molecular flexibility index (Phi) is 2.89. The van der Waals surface area contributed by atoms with E-state index < -0.39 is 29.5 Å². The highest BCUT2D eigenvalue weighted by atomic mass is 16.5. The van der Waals surface area contributed by atoms with Gasteiger partial charge in [0.15, 0.2) is 0 Å². The predicted molar refractivity (Wildman–Crippen MR) is 90.7 cm³/mol. The van der Waals surface area contributed by atoms with Crippen LogP contribution in [0.5, 0.6) is 0 Å². The van der Waals surface area contributed by atoms with Crippen LogP contribution in [-0.2, 0) is 20.9 Å². The Morgan fingerprint density at radius 2 is 2.04 bits per heavy atom. The summed E-state index contributed by atoms with van der Waals surface area (Å²) in [6.07, 6.45) is 3.21. The molecule has 2 saturated heterocycles. The van der Waals surface area contributed by atoms with Crippen LogP contribution < -0.4 is 0 Å². The highest BCUT2D eigenvalue weighted by Crippen LogP contribution is 2.52. The summed E-state index contributed by atoms with van der Waals surface area (Å²) in [7, 11) is 0. The Morgan fingerprint density at radius 3 is 2.88 bits per heavy atom. The summed E-state index contributed by atoms with van der Waals surface area (Å²) in [4.78, 5) is 26.4. The van der Waals surface area contributed by atoms with E-state index in [1.165, 1.54) is 0 Å². The molecule has 126 valence electrons. The molecule has 2 aromatic rings. The second-order valence-electron chi connectivity index (χ2n) is 7.07. The van der Waals surface area contributed by atoms with Crippen molar-refractivity contribution < 1.29 is 19.4 Å². The third-order valence-electron chi connectivity index (χ3n) is 5.71. The van der Waals surface area contributed by atoms with Crippen molar-refractivity contribution in [3.63, 3.8) is 0 Å². The van der Waals surface area contributed by atoms with Gasteiger partial charge in [0.25, 0.3) is 0 Å². The van der Waals surface area contributed by atoms with Crippen molar-refractivity contribution in [3.8, 4) is 0 Å². The number of nitrogens with zero attached hydrogens (tertiary/aromatic N) is 1. The minimum absolute atomic E-state index is 0.118. The molecule has 2 fully saturated rings. The van der Waals surface area contributed by atoms with E-state index in [0.29, 0.717) is 13.1 Å². The second kappa shape index (κ2) is 4.92. The number of fused-ring (bicyclic) bond motifs is 2. The van der Waals surface area contributed by atoms with Crippen molar-refractivity contribution in [2.45, 2.75) is 18.2 Å². The fourth-order valence-corrected chi connectivity index (χ4v) is 4.63. The van der Waals surface area contributed by atoms with E-state index in [2.05, 4.69) is 0 Å². The van der Waals surface area contributed by atoms with Crippen molar-refractivity contribution in [3.05, 3.63) is 60.2 Å². The van der Waals surface area contributed by atoms with Crippen molar-refractivity contribution >= 4 is 22.6 Å². The van der Waals surface area contributed by atoms with Crippen LogP contribution in [0.25, 0.3) is 10.8 Å². The Morgan fingerprint density at radius 1 is 1.24 bits per heavy atom. The molecule has 25 heavy (non-hydrogen) atoms. The standard InChI is InChI=1S/C20H17NO4/c22-18-17-16(19(23)24)15-8-9-20(17,25-15)11-21(18)10-13-6-3-5-12-4-1-2-7-14(12)13/h1-9,15-17H,10-11H2,(H,23,24)/t15-,16-,17+,20+/m0/s1. The Labute approximate surface area is 144 Å². The number of carboxylic acid groups (broad SMARTS) is 1. The van der Waals surface area contributed by atoms with Gasteiger partial charge in [0.05, 0.1) is 18.6 Å². The number of likely N-dealkylation sites (tertiary alicyclic amines) is 1. The predicted octanol–water partition coefficient (Wildman–Crippen LogP) is 2.21. The molecule has 0 aromatic heterocycles. The molecule has 3 aliphatic rings. The lowest BCUT2D eigenvalue weighted by Crippen LogP contribution is -2.39. The monoisotopic (exact) mass is 335 g/mol. The zero-order valence-electron chi connectivity index (χ0n) is 13.5. The molecule has 1 N–H and O–H groups in total. The van der Waals surface area contributed by atoms with Crippen LogP contribution in [0.1, 0.15) is 5.56 Å². The van der Waals surface area contributed by atoms with Gasteiger partial charge in [-0.2, -0.15) is 0 Å². The summed E-state index contributed by atoms with van der Waals surface area (Å²) in [5.74, 6) is -2.47. The summed E-state index contributed by atoms with van der Waals surface area (Å²) >= 11 is 0. The van der Waals surface area contributed by atoms with Crippen molar-refractivity contribution in [1.82, 2.24) is 4.90 Å². The number of carbonyl (C=O) groups is 2. The average Bonchev–Trinajstić information content (AvgIpc) is 3.24. The lowest BCUT2D eigenvalue weighted by Gasteiger charge is -2.22. The molecular weight excluding hydrogens is 318 g/mol. The number of rotatable bonds is 3. The van der Waals surface area contributed by atoms with E-state index >= 15 is 0 Å². The maximum atomic E-state index is 13.0. The first-order valence-corrected chi connectivity index (χ1v) is 8.44. The molecule has 3 heterocycles. The lowest BCUT2D eigenvalue weighted by atomic mass is 9.77. The quantitative estimate of drug-likeness (QED) is 0.874. The Hall–Kier alpha value is -2.66. The van der Waals surface area contributed by atoms with E-state index in [1.807, 2.05) is 48.5 Å². The second-order valence-corrected chi connectivity index (χ2v) is 7.07. The minimum Gasteiger partial charge on any atom is -0.481 e. The summed E-state index contributed by atoms with van der Waals surface area (Å²) in [6.45, 7) is 0.878. The molecule has 2 bridgehead atoms. The normalized spacial score (nSPS) is 32.6. The number of carboxylic acids is 1. The zero-order valence-corrected chi connectivity index (χ0v) is 13.5. The van der Waals surface area contributed by atoms with E-state index in [0.717, 1.165) is 16.3 Å². The lowest BCUT2D eigenvalue weighted by molar-refractivity contribution is -0.148. The van der Waals surface area contributed by atoms with E-state index in [4.69, 9.17) is 4.74 Å². The van der Waals surface area contributed by atoms with Gasteiger partial charge < -0.3 is 14.7 Å². The van der Waals surface area contributed by atoms with Crippen LogP contribution in [0.15, 0.2) is 54.6 Å². The van der Waals surface area contributed by atoms with Crippen LogP contribution in [0, 0.1) is 11.8 Å². The van der Waals surface area contributed by atoms with E-state index in [9.17, 15) is 14.7 Å². The van der Waals surface area contributed by atoms with Gasteiger partial charge in [0.1, 0.15) is 11.5 Å². The number of hydrogen-bond acceptors (Lipinski definition) is 3. The third kappa shape index (κ3) is 1.93. The fourth-order valence-electron chi connectivity index (χ4n) is 4.63. The van der Waals surface area contributed by atoms with Crippen LogP contribution >= 0.6 is 0 Å². The molecule has 5 heteroatoms. The molecule has 0 radical (unpaired) electrons. The summed E-state index contributed by atoms with van der Waals surface area (Å²) in [5, 5.41) is 11.8. The van der Waals surface area contributed by atoms with Gasteiger partial charge in [-0.05, 0) is 16.3 Å². The molecule has 5 nitrogen and oxygen atoms in total. The molecule has 2 aromatic carbocycles. The Bertz CT molecular complexity index is 931. The number of amides is 1. The highest BCUT2D eigenvalue weighted by Gasteiger charge is 2.66. The van der Waals surface area contributed by atoms with Gasteiger partial charge in [-0.3, -0.25) is 9.59 Å². The largest absolute Gasteiger partial charge is 0.481 e. The number of hydrogen-bond donors (Lipinski definition) is 1. The number of carbonyl (C=O) groups excluding carboxylic acids is 1. The molecule has 5 rings (SSSR count). The topological polar surface area (TPSA) is 66.8 Å². The zero-order chi connectivity index (χ0) is 17.2. The van der Waals surface area contributed by atoms with Gasteiger partial charge >= 0.3 is 5.97 Å². The van der Waals surface area contributed by atoms with Gasteiger partial charge in [0.2, 0.25) is 5.91 Å². The van der Waals surface area contributed by atoms with Crippen molar-refractivity contribution in [2.24, 2.45) is 11.8 Å². The van der Waals surface area contributed by atoms with Gasteiger partial charge in [0, 0.05) is 6.54 Å². The fraction of sp³-hybridized carbons (Fsp3) is 0.300.